The number of methoxy groups -OCH3 is 3. The molecular weight excluding hydrogens is 1030 g/mol. The molecule has 2 bridgehead atoms. The van der Waals surface area contributed by atoms with Crippen LogP contribution >= 0.6 is 0 Å². The first-order valence-electron chi connectivity index (χ1n) is 28.8. The predicted octanol–water partition coefficient (Wildman–Crippen LogP) is 5.94. The van der Waals surface area contributed by atoms with E-state index in [4.69, 9.17) is 34.2 Å². The maximum atomic E-state index is 14.6. The van der Waals surface area contributed by atoms with Crippen molar-refractivity contribution in [3.63, 3.8) is 0 Å². The summed E-state index contributed by atoms with van der Waals surface area (Å²) in [6.45, 7) is 14.5. The SMILES string of the molecule is CO[C@H]1C[C@@H]2CC[C@@H](C)[C@@](O)(O2)C(=O)C(=O)N2CCCC[C@H]2C(=O)O[C@H]([C@H](N)C[C@@H]2CC[C@@H](OC(=O)N3CCN(c4ncc(C)cn4)CC3)[C@H](OC)C2)CC(=O)[C@H](C)/C=C(\C)[C@@H](O)[C@@H](OC)C(=O)[C@H](C)C[C@H](C)/C=C/C=CC=C1C. The number of anilines is 1. The van der Waals surface area contributed by atoms with Crippen LogP contribution in [0, 0.1) is 36.5 Å². The van der Waals surface area contributed by atoms with Crippen molar-refractivity contribution in [1.82, 2.24) is 19.8 Å². The first-order valence-corrected chi connectivity index (χ1v) is 28.8. The maximum absolute atomic E-state index is 14.6. The van der Waals surface area contributed by atoms with E-state index in [1.807, 2.05) is 56.1 Å². The Kier molecular flexibility index (Phi) is 23.7. The van der Waals surface area contributed by atoms with Crippen molar-refractivity contribution >= 4 is 41.3 Å². The van der Waals surface area contributed by atoms with Crippen LogP contribution in [0.25, 0.3) is 0 Å². The van der Waals surface area contributed by atoms with Gasteiger partial charge in [-0.05, 0) is 114 Å². The Hall–Kier alpha value is -5.22. The maximum Gasteiger partial charge on any atom is 0.410 e. The molecule has 5 heterocycles. The molecule has 444 valence electrons. The first kappa shape index (κ1) is 64.0. The van der Waals surface area contributed by atoms with Crippen molar-refractivity contribution in [2.24, 2.45) is 35.3 Å². The highest BCUT2D eigenvalue weighted by atomic mass is 16.6. The molecule has 0 radical (unpaired) electrons. The number of carbonyl (C=O) groups excluding carboxylic acids is 6. The third-order valence-electron chi connectivity index (χ3n) is 17.0. The predicted molar refractivity (Wildman–Crippen MR) is 299 cm³/mol. The number of aliphatic hydroxyl groups excluding tert-OH is 1. The van der Waals surface area contributed by atoms with Gasteiger partial charge >= 0.3 is 12.1 Å². The summed E-state index contributed by atoms with van der Waals surface area (Å²) in [6, 6.07) is -2.15. The lowest BCUT2D eigenvalue weighted by Crippen LogP contribution is -2.61. The Morgan fingerprint density at radius 2 is 1.54 bits per heavy atom. The molecule has 4 fully saturated rings. The molecule has 1 aromatic rings. The van der Waals surface area contributed by atoms with Gasteiger partial charge < -0.3 is 59.1 Å². The number of piperazine rings is 1. The summed E-state index contributed by atoms with van der Waals surface area (Å²) in [5.74, 6) is -7.82. The fourth-order valence-electron chi connectivity index (χ4n) is 11.9. The van der Waals surface area contributed by atoms with Crippen LogP contribution in [0.1, 0.15) is 124 Å². The number of Topliss-reactive ketones (excluding diaryl/α,β-unsaturated/α-hetero) is 3. The minimum absolute atomic E-state index is 0.0102. The number of aliphatic hydroxyl groups is 2. The van der Waals surface area contributed by atoms with E-state index in [-0.39, 0.29) is 55.6 Å². The average molecular weight is 1120 g/mol. The van der Waals surface area contributed by atoms with E-state index in [9.17, 15) is 39.0 Å². The quantitative estimate of drug-likeness (QED) is 0.155. The van der Waals surface area contributed by atoms with Crippen LogP contribution in [0.3, 0.4) is 0 Å². The smallest absolute Gasteiger partial charge is 0.410 e. The fourth-order valence-corrected chi connectivity index (χ4v) is 11.9. The van der Waals surface area contributed by atoms with Gasteiger partial charge in [-0.2, -0.15) is 0 Å². The molecule has 1 aromatic heterocycles. The molecule has 5 aliphatic rings. The number of aryl methyl sites for hydroxylation is 1. The molecule has 0 aromatic carbocycles. The molecule has 1 aliphatic carbocycles. The lowest BCUT2D eigenvalue weighted by molar-refractivity contribution is -0.265. The Morgan fingerprint density at radius 1 is 0.825 bits per heavy atom. The number of ether oxygens (including phenoxy) is 6. The number of piperidine rings is 1. The number of carbonyl (C=O) groups is 6. The van der Waals surface area contributed by atoms with E-state index in [2.05, 4.69) is 9.97 Å². The zero-order valence-corrected chi connectivity index (χ0v) is 48.8. The number of esters is 1. The number of rotatable bonds is 8. The zero-order chi connectivity index (χ0) is 58.4. The van der Waals surface area contributed by atoms with Gasteiger partial charge in [-0.25, -0.2) is 19.6 Å². The summed E-state index contributed by atoms with van der Waals surface area (Å²) < 4.78 is 35.9. The van der Waals surface area contributed by atoms with Gasteiger partial charge in [0.25, 0.3) is 11.7 Å². The monoisotopic (exact) mass is 1120 g/mol. The zero-order valence-electron chi connectivity index (χ0n) is 48.8. The van der Waals surface area contributed by atoms with Gasteiger partial charge in [-0.3, -0.25) is 19.2 Å². The Labute approximate surface area is 472 Å². The van der Waals surface area contributed by atoms with Gasteiger partial charge in [0, 0.05) is 103 Å². The van der Waals surface area contributed by atoms with Gasteiger partial charge in [-0.15, -0.1) is 0 Å². The third kappa shape index (κ3) is 16.5. The Morgan fingerprint density at radius 3 is 2.21 bits per heavy atom. The van der Waals surface area contributed by atoms with Crippen LogP contribution in [-0.4, -0.2) is 180 Å². The molecular formula is C60H90N6O14. The van der Waals surface area contributed by atoms with Crippen LogP contribution < -0.4 is 10.6 Å². The summed E-state index contributed by atoms with van der Waals surface area (Å²) in [7, 11) is 4.49. The first-order chi connectivity index (χ1) is 38.1. The van der Waals surface area contributed by atoms with Crippen molar-refractivity contribution in [3.8, 4) is 0 Å². The summed E-state index contributed by atoms with van der Waals surface area (Å²) in [4.78, 5) is 98.8. The second kappa shape index (κ2) is 29.7. The highest BCUT2D eigenvalue weighted by Gasteiger charge is 2.53. The Balaban J connectivity index is 1.22. The number of nitrogens with zero attached hydrogens (tertiary/aromatic N) is 5. The number of aromatic nitrogens is 2. The molecule has 80 heavy (non-hydrogen) atoms. The van der Waals surface area contributed by atoms with Crippen LogP contribution in [-0.2, 0) is 52.4 Å². The topological polar surface area (TPSA) is 260 Å². The number of amides is 2. The number of cyclic esters (lactones) is 1. The summed E-state index contributed by atoms with van der Waals surface area (Å²) >= 11 is 0. The van der Waals surface area contributed by atoms with Crippen molar-refractivity contribution in [1.29, 1.82) is 0 Å². The van der Waals surface area contributed by atoms with Crippen molar-refractivity contribution in [2.45, 2.75) is 186 Å². The summed E-state index contributed by atoms with van der Waals surface area (Å²) in [5, 5.41) is 23.6. The molecule has 20 nitrogen and oxygen atoms in total. The van der Waals surface area contributed by atoms with E-state index in [1.54, 1.807) is 65.3 Å². The number of hydrogen-bond acceptors (Lipinski definition) is 18. The lowest BCUT2D eigenvalue weighted by Gasteiger charge is -2.42. The molecule has 1 saturated carbocycles. The number of hydrogen-bond donors (Lipinski definition) is 3. The summed E-state index contributed by atoms with van der Waals surface area (Å²) in [5.41, 5.74) is 9.19. The standard InChI is InChI=1S/C60H90N6O14/c1-36-16-12-11-13-17-38(3)49(75-8)32-44-21-19-42(7)60(74,80-44)55(70)56(71)66-23-15-14-18-46(66)57(72)78-50(33-47(67)39(4)29-41(6)53(69)54(77-10)52(68)40(5)28-36)45(61)30-43-20-22-48(51(31-43)76-9)79-59(73)65-26-24-64(25-27-65)58-62-34-37(2)35-63-58/h11-13,16-17,29,34-36,39-40,42-46,48-51,53-54,69,74H,14-15,18-28,30-33,61H2,1-10H3/b13-11?,16-12+,38-17?,41-29+/t36-,39-,40-,42-,43+,44+,45-,46+,48-,49+,50+,51-,53-,54+,60-/m1/s1. The second-order valence-electron chi connectivity index (χ2n) is 23.2. The fraction of sp³-hybridized carbons (Fsp3) is 0.700. The second-order valence-corrected chi connectivity index (χ2v) is 23.2. The molecule has 4 aliphatic heterocycles. The van der Waals surface area contributed by atoms with E-state index in [0.29, 0.717) is 89.1 Å². The van der Waals surface area contributed by atoms with Gasteiger partial charge in [0.05, 0.1) is 18.3 Å². The minimum atomic E-state index is -2.48. The minimum Gasteiger partial charge on any atom is -0.459 e. The highest BCUT2D eigenvalue weighted by molar-refractivity contribution is 6.39. The number of allylic oxidation sites excluding steroid dienone is 6. The molecule has 0 unspecified atom stereocenters. The average Bonchev–Trinajstić information content (AvgIpc) is 3.44. The molecule has 20 heteroatoms. The van der Waals surface area contributed by atoms with Gasteiger partial charge in [0.2, 0.25) is 11.7 Å². The Bertz CT molecular complexity index is 2410. The van der Waals surface area contributed by atoms with Crippen molar-refractivity contribution in [2.75, 3.05) is 59.0 Å². The van der Waals surface area contributed by atoms with Crippen LogP contribution in [0.4, 0.5) is 10.7 Å². The molecule has 3 saturated heterocycles. The van der Waals surface area contributed by atoms with Gasteiger partial charge in [0.15, 0.2) is 5.78 Å². The number of fused-ring (bicyclic) bond motifs is 3. The van der Waals surface area contributed by atoms with Crippen molar-refractivity contribution in [3.05, 3.63) is 65.6 Å². The molecule has 2 amide bonds. The normalized spacial score (nSPS) is 35.1. The van der Waals surface area contributed by atoms with E-state index < -0.39 is 102 Å². The molecule has 0 spiro atoms. The number of ketones is 3. The van der Waals surface area contributed by atoms with E-state index in [1.165, 1.54) is 7.11 Å². The van der Waals surface area contributed by atoms with Crippen LogP contribution in [0.5, 0.6) is 0 Å². The molecule has 15 atom stereocenters. The largest absolute Gasteiger partial charge is 0.459 e. The van der Waals surface area contributed by atoms with Gasteiger partial charge in [0.1, 0.15) is 36.2 Å². The van der Waals surface area contributed by atoms with E-state index in [0.717, 1.165) is 16.0 Å². The van der Waals surface area contributed by atoms with Crippen LogP contribution in [0.15, 0.2) is 60.0 Å². The van der Waals surface area contributed by atoms with Crippen LogP contribution in [0.2, 0.25) is 0 Å². The lowest BCUT2D eigenvalue weighted by atomic mass is 9.80. The van der Waals surface area contributed by atoms with E-state index >= 15 is 0 Å². The van der Waals surface area contributed by atoms with Gasteiger partial charge in [-0.1, -0.05) is 64.2 Å². The summed E-state index contributed by atoms with van der Waals surface area (Å²) in [6.07, 6.45) is 12.5. The highest BCUT2D eigenvalue weighted by Crippen LogP contribution is 2.38. The third-order valence-corrected chi connectivity index (χ3v) is 17.0. The molecule has 4 N–H and O–H groups in total. The van der Waals surface area contributed by atoms with Crippen molar-refractivity contribution < 1.29 is 67.4 Å². The number of nitrogens with two attached hydrogens (primary N) is 1. The molecule has 6 rings (SSSR count).